The van der Waals surface area contributed by atoms with Crippen LogP contribution in [0.25, 0.3) is 0 Å². The molecule has 2 aliphatic rings. The summed E-state index contributed by atoms with van der Waals surface area (Å²) in [6, 6.07) is 0.828. The van der Waals surface area contributed by atoms with Gasteiger partial charge in [0, 0.05) is 23.6 Å². The Balaban J connectivity index is 2.20. The second-order valence-corrected chi connectivity index (χ2v) is 3.31. The van der Waals surface area contributed by atoms with Crippen LogP contribution in [-0.4, -0.2) is 23.2 Å². The Labute approximate surface area is 70.8 Å². The molecule has 0 saturated carbocycles. The third kappa shape index (κ3) is 1.06. The van der Waals surface area contributed by atoms with Crippen molar-refractivity contribution in [2.75, 3.05) is 0 Å². The van der Waals surface area contributed by atoms with Gasteiger partial charge in [-0.1, -0.05) is 12.2 Å². The quantitative estimate of drug-likeness (QED) is 0.464. The van der Waals surface area contributed by atoms with Crippen molar-refractivity contribution >= 4 is 5.97 Å². The zero-order valence-corrected chi connectivity index (χ0v) is 6.66. The number of fused-ring (bicyclic) bond motifs is 1. The molecule has 1 aliphatic carbocycles. The van der Waals surface area contributed by atoms with Crippen molar-refractivity contribution < 1.29 is 9.90 Å². The third-order valence-electron chi connectivity index (χ3n) is 2.53. The van der Waals surface area contributed by atoms with E-state index in [1.54, 1.807) is 12.2 Å². The molecule has 0 aromatic carbocycles. The van der Waals surface area contributed by atoms with Crippen LogP contribution in [0.15, 0.2) is 24.3 Å². The van der Waals surface area contributed by atoms with Gasteiger partial charge in [0.1, 0.15) is 0 Å². The molecule has 3 heteroatoms. The Morgan fingerprint density at radius 1 is 1.83 bits per heavy atom. The molecule has 3 atom stereocenters. The summed E-state index contributed by atoms with van der Waals surface area (Å²) in [4.78, 5) is 10.6. The first-order valence-electron chi connectivity index (χ1n) is 4.05. The predicted molar refractivity (Wildman–Crippen MR) is 44.7 cm³/mol. The van der Waals surface area contributed by atoms with Gasteiger partial charge in [0.15, 0.2) is 0 Å². The number of rotatable bonds is 2. The highest BCUT2D eigenvalue weighted by Crippen LogP contribution is 2.33. The minimum Gasteiger partial charge on any atom is -0.478 e. The molecule has 2 N–H and O–H groups in total. The molecule has 3 nitrogen and oxygen atoms in total. The van der Waals surface area contributed by atoms with E-state index in [4.69, 9.17) is 5.11 Å². The first-order chi connectivity index (χ1) is 5.72. The van der Waals surface area contributed by atoms with Crippen molar-refractivity contribution in [3.05, 3.63) is 24.3 Å². The van der Waals surface area contributed by atoms with Crippen LogP contribution in [0.3, 0.4) is 0 Å². The monoisotopic (exact) mass is 165 g/mol. The minimum atomic E-state index is -0.797. The Kier molecular flexibility index (Phi) is 1.54. The first kappa shape index (κ1) is 7.55. The van der Waals surface area contributed by atoms with Crippen LogP contribution in [0.2, 0.25) is 0 Å². The van der Waals surface area contributed by atoms with Gasteiger partial charge in [-0.2, -0.15) is 0 Å². The van der Waals surface area contributed by atoms with Gasteiger partial charge in [0.2, 0.25) is 0 Å². The van der Waals surface area contributed by atoms with Gasteiger partial charge in [0.05, 0.1) is 0 Å². The molecule has 12 heavy (non-hydrogen) atoms. The standard InChI is InChI=1S/C9H11NO2/c1-2-5-3-6(9(11)12)4-7-8(5)10-7/h2-3,5,7-8,10H,1,4H2,(H,11,12)/t5-,7-,8+/m0/s1. The van der Waals surface area contributed by atoms with Crippen LogP contribution in [0.4, 0.5) is 0 Å². The summed E-state index contributed by atoms with van der Waals surface area (Å²) in [5, 5.41) is 12.0. The molecular weight excluding hydrogens is 154 g/mol. The average Bonchev–Trinajstić information content (AvgIpc) is 2.80. The van der Waals surface area contributed by atoms with Crippen molar-refractivity contribution in [3.8, 4) is 0 Å². The van der Waals surface area contributed by atoms with Crippen molar-refractivity contribution in [2.45, 2.75) is 18.5 Å². The molecule has 1 fully saturated rings. The summed E-state index contributed by atoms with van der Waals surface area (Å²) in [5.41, 5.74) is 0.520. The number of hydrogen-bond acceptors (Lipinski definition) is 2. The van der Waals surface area contributed by atoms with Crippen molar-refractivity contribution in [1.82, 2.24) is 5.32 Å². The van der Waals surface area contributed by atoms with E-state index < -0.39 is 5.97 Å². The SMILES string of the molecule is C=C[C@H]1C=C(C(=O)O)C[C@@H]2N[C@H]12. The van der Waals surface area contributed by atoms with E-state index in [-0.39, 0.29) is 5.92 Å². The highest BCUT2D eigenvalue weighted by molar-refractivity contribution is 5.87. The third-order valence-corrected chi connectivity index (χ3v) is 2.53. The summed E-state index contributed by atoms with van der Waals surface area (Å²) in [7, 11) is 0. The molecular formula is C9H11NO2. The molecule has 0 bridgehead atoms. The lowest BCUT2D eigenvalue weighted by molar-refractivity contribution is -0.132. The maximum atomic E-state index is 10.6. The molecule has 64 valence electrons. The summed E-state index contributed by atoms with van der Waals surface area (Å²) < 4.78 is 0. The number of carboxylic acid groups (broad SMARTS) is 1. The maximum absolute atomic E-state index is 10.6. The molecule has 0 radical (unpaired) electrons. The molecule has 0 aromatic heterocycles. The first-order valence-corrected chi connectivity index (χ1v) is 4.05. The highest BCUT2D eigenvalue weighted by Gasteiger charge is 2.44. The number of carboxylic acids is 1. The molecule has 2 rings (SSSR count). The van der Waals surface area contributed by atoms with Gasteiger partial charge in [-0.25, -0.2) is 4.79 Å². The lowest BCUT2D eigenvalue weighted by Gasteiger charge is -2.12. The van der Waals surface area contributed by atoms with Gasteiger partial charge in [-0.15, -0.1) is 6.58 Å². The second-order valence-electron chi connectivity index (χ2n) is 3.31. The minimum absolute atomic E-state index is 0.204. The lowest BCUT2D eigenvalue weighted by atomic mass is 9.91. The zero-order valence-electron chi connectivity index (χ0n) is 6.66. The Hall–Kier alpha value is -1.09. The van der Waals surface area contributed by atoms with E-state index in [1.807, 2.05) is 0 Å². The fourth-order valence-corrected chi connectivity index (χ4v) is 1.77. The van der Waals surface area contributed by atoms with Gasteiger partial charge < -0.3 is 10.4 Å². The van der Waals surface area contributed by atoms with Crippen molar-refractivity contribution in [2.24, 2.45) is 5.92 Å². The van der Waals surface area contributed by atoms with Crippen LogP contribution >= 0.6 is 0 Å². The van der Waals surface area contributed by atoms with E-state index in [0.717, 1.165) is 0 Å². The molecule has 0 unspecified atom stereocenters. The van der Waals surface area contributed by atoms with E-state index in [2.05, 4.69) is 11.9 Å². The molecule has 0 aromatic rings. The molecule has 1 saturated heterocycles. The fraction of sp³-hybridized carbons (Fsp3) is 0.444. The Bertz CT molecular complexity index is 270. The lowest BCUT2D eigenvalue weighted by Crippen LogP contribution is -2.16. The van der Waals surface area contributed by atoms with Crippen LogP contribution in [0.5, 0.6) is 0 Å². The van der Waals surface area contributed by atoms with Crippen LogP contribution in [-0.2, 0) is 4.79 Å². The summed E-state index contributed by atoms with van der Waals surface area (Å²) in [6.45, 7) is 3.68. The number of hydrogen-bond donors (Lipinski definition) is 2. The predicted octanol–water partition coefficient (Wildman–Crippen LogP) is 0.544. The smallest absolute Gasteiger partial charge is 0.331 e. The highest BCUT2D eigenvalue weighted by atomic mass is 16.4. The largest absolute Gasteiger partial charge is 0.478 e. The fourth-order valence-electron chi connectivity index (χ4n) is 1.77. The Morgan fingerprint density at radius 3 is 3.17 bits per heavy atom. The molecule has 0 amide bonds. The van der Waals surface area contributed by atoms with Crippen molar-refractivity contribution in [1.29, 1.82) is 0 Å². The number of carbonyl (C=O) groups is 1. The van der Waals surface area contributed by atoms with Gasteiger partial charge in [0.25, 0.3) is 0 Å². The van der Waals surface area contributed by atoms with E-state index in [1.165, 1.54) is 0 Å². The Morgan fingerprint density at radius 2 is 2.58 bits per heavy atom. The van der Waals surface area contributed by atoms with Gasteiger partial charge in [-0.3, -0.25) is 0 Å². The van der Waals surface area contributed by atoms with Crippen LogP contribution in [0, 0.1) is 5.92 Å². The zero-order chi connectivity index (χ0) is 8.72. The average molecular weight is 165 g/mol. The van der Waals surface area contributed by atoms with E-state index in [9.17, 15) is 4.79 Å². The van der Waals surface area contributed by atoms with Gasteiger partial charge >= 0.3 is 5.97 Å². The molecule has 0 spiro atoms. The summed E-state index contributed by atoms with van der Waals surface area (Å²) >= 11 is 0. The van der Waals surface area contributed by atoms with Crippen LogP contribution in [0.1, 0.15) is 6.42 Å². The van der Waals surface area contributed by atoms with Crippen molar-refractivity contribution in [3.63, 3.8) is 0 Å². The number of nitrogens with one attached hydrogen (secondary N) is 1. The molecule has 1 heterocycles. The summed E-state index contributed by atoms with van der Waals surface area (Å²) in [6.07, 6.45) is 4.26. The maximum Gasteiger partial charge on any atom is 0.331 e. The van der Waals surface area contributed by atoms with E-state index in [0.29, 0.717) is 24.1 Å². The second kappa shape index (κ2) is 2.45. The topological polar surface area (TPSA) is 59.2 Å². The van der Waals surface area contributed by atoms with Gasteiger partial charge in [-0.05, 0) is 6.42 Å². The van der Waals surface area contributed by atoms with Crippen LogP contribution < -0.4 is 5.32 Å². The summed E-state index contributed by atoms with van der Waals surface area (Å²) in [5.74, 6) is -0.594. The normalized spacial score (nSPS) is 38.0. The van der Waals surface area contributed by atoms with E-state index >= 15 is 0 Å². The number of aliphatic carboxylic acids is 1. The molecule has 1 aliphatic heterocycles.